The van der Waals surface area contributed by atoms with E-state index in [1.165, 1.54) is 0 Å². The number of rotatable bonds is 4. The molecule has 0 N–H and O–H groups in total. The van der Waals surface area contributed by atoms with Crippen LogP contribution in [-0.4, -0.2) is 18.5 Å². The van der Waals surface area contributed by atoms with Gasteiger partial charge in [0.15, 0.2) is 0 Å². The van der Waals surface area contributed by atoms with Gasteiger partial charge >= 0.3 is 0 Å². The first kappa shape index (κ1) is 11.3. The summed E-state index contributed by atoms with van der Waals surface area (Å²) in [6.07, 6.45) is 1.52. The highest BCUT2D eigenvalue weighted by Gasteiger charge is 2.22. The molecule has 0 fully saturated rings. The molecule has 0 heterocycles. The zero-order chi connectivity index (χ0) is 9.78. The fourth-order valence-electron chi connectivity index (χ4n) is 1.06. The van der Waals surface area contributed by atoms with Crippen molar-refractivity contribution in [2.75, 3.05) is 7.05 Å². The fraction of sp³-hybridized carbons (Fsp3) is 0.800. The number of ketones is 1. The molecule has 0 aliphatic heterocycles. The maximum absolute atomic E-state index is 10.9. The van der Waals surface area contributed by atoms with Gasteiger partial charge in [-0.1, -0.05) is 20.8 Å². The number of hydrogen-bond acceptors (Lipinski definition) is 2. The van der Waals surface area contributed by atoms with E-state index in [2.05, 4.69) is 25.8 Å². The number of carbonyl (C=O) groups excluding carboxylic acids is 1. The number of Topliss-reactive ketones (excluding diaryl/α,β-unsaturated/α-hetero) is 1. The second-order valence-electron chi connectivity index (χ2n) is 3.79. The molecule has 0 rings (SSSR count). The van der Waals surface area contributed by atoms with Crippen LogP contribution in [0, 0.1) is 5.41 Å². The average molecular weight is 169 g/mol. The zero-order valence-corrected chi connectivity index (χ0v) is 8.77. The lowest BCUT2D eigenvalue weighted by atomic mass is 9.82. The van der Waals surface area contributed by atoms with Gasteiger partial charge in [0, 0.05) is 24.6 Å². The lowest BCUT2D eigenvalue weighted by Gasteiger charge is -2.24. The number of aliphatic imine (C=N–C) groups is 1. The maximum atomic E-state index is 10.9. The fourth-order valence-corrected chi connectivity index (χ4v) is 1.06. The molecular weight excluding hydrogens is 150 g/mol. The van der Waals surface area contributed by atoms with Gasteiger partial charge in [0.05, 0.1) is 0 Å². The smallest absolute Gasteiger partial charge is 0.135 e. The summed E-state index contributed by atoms with van der Waals surface area (Å²) in [5.74, 6) is 0.192. The summed E-state index contributed by atoms with van der Waals surface area (Å²) in [6.45, 7) is 7.97. The number of carbonyl (C=O) groups is 1. The topological polar surface area (TPSA) is 29.4 Å². The molecule has 0 aliphatic rings. The highest BCUT2D eigenvalue weighted by Crippen LogP contribution is 2.23. The van der Waals surface area contributed by atoms with Crippen LogP contribution in [0.5, 0.6) is 0 Å². The van der Waals surface area contributed by atoms with Crippen LogP contribution in [0.25, 0.3) is 0 Å². The van der Waals surface area contributed by atoms with Crippen LogP contribution in [0.1, 0.15) is 40.5 Å². The second kappa shape index (κ2) is 4.39. The Kier molecular flexibility index (Phi) is 4.15. The first-order chi connectivity index (χ1) is 5.44. The Morgan fingerprint density at radius 2 is 1.92 bits per heavy atom. The van der Waals surface area contributed by atoms with Gasteiger partial charge in [0.2, 0.25) is 0 Å². The SMILES string of the molecule is CCC(C)(C)C(CC(C)=O)=NC. The normalized spacial score (nSPS) is 13.2. The van der Waals surface area contributed by atoms with Crippen molar-refractivity contribution in [3.05, 3.63) is 0 Å². The van der Waals surface area contributed by atoms with Crippen LogP contribution in [0.3, 0.4) is 0 Å². The summed E-state index contributed by atoms with van der Waals surface area (Å²) in [7, 11) is 1.76. The molecule has 2 heteroatoms. The minimum atomic E-state index is 0.0699. The predicted octanol–water partition coefficient (Wildman–Crippen LogP) is 2.47. The van der Waals surface area contributed by atoms with E-state index in [0.29, 0.717) is 6.42 Å². The first-order valence-corrected chi connectivity index (χ1v) is 4.39. The monoisotopic (exact) mass is 169 g/mol. The average Bonchev–Trinajstić information content (AvgIpc) is 1.99. The van der Waals surface area contributed by atoms with Gasteiger partial charge in [-0.3, -0.25) is 9.79 Å². The molecule has 0 bridgehead atoms. The Morgan fingerprint density at radius 1 is 1.42 bits per heavy atom. The Balaban J connectivity index is 4.47. The predicted molar refractivity (Wildman–Crippen MR) is 52.7 cm³/mol. The molecule has 12 heavy (non-hydrogen) atoms. The Morgan fingerprint density at radius 3 is 2.17 bits per heavy atom. The molecular formula is C10H19NO. The van der Waals surface area contributed by atoms with Crippen molar-refractivity contribution in [2.45, 2.75) is 40.5 Å². The third kappa shape index (κ3) is 3.16. The van der Waals surface area contributed by atoms with Crippen LogP contribution >= 0.6 is 0 Å². The largest absolute Gasteiger partial charge is 0.300 e. The van der Waals surface area contributed by atoms with Gasteiger partial charge in [-0.25, -0.2) is 0 Å². The lowest BCUT2D eigenvalue weighted by molar-refractivity contribution is -0.115. The number of nitrogens with zero attached hydrogens (tertiary/aromatic N) is 1. The van der Waals surface area contributed by atoms with Crippen molar-refractivity contribution in [1.29, 1.82) is 0 Å². The van der Waals surface area contributed by atoms with Crippen molar-refractivity contribution in [3.8, 4) is 0 Å². The minimum Gasteiger partial charge on any atom is -0.300 e. The molecule has 0 unspecified atom stereocenters. The molecule has 70 valence electrons. The van der Waals surface area contributed by atoms with Gasteiger partial charge < -0.3 is 0 Å². The van der Waals surface area contributed by atoms with Gasteiger partial charge in [-0.2, -0.15) is 0 Å². The van der Waals surface area contributed by atoms with Crippen molar-refractivity contribution in [1.82, 2.24) is 0 Å². The summed E-state index contributed by atoms with van der Waals surface area (Å²) >= 11 is 0. The van der Waals surface area contributed by atoms with Crippen molar-refractivity contribution < 1.29 is 4.79 Å². The third-order valence-corrected chi connectivity index (χ3v) is 2.35. The van der Waals surface area contributed by atoms with E-state index in [9.17, 15) is 4.79 Å². The molecule has 0 spiro atoms. The quantitative estimate of drug-likeness (QED) is 0.594. The van der Waals surface area contributed by atoms with Crippen LogP contribution < -0.4 is 0 Å². The molecule has 0 aromatic heterocycles. The lowest BCUT2D eigenvalue weighted by Crippen LogP contribution is -2.25. The Bertz CT molecular complexity index is 192. The van der Waals surface area contributed by atoms with E-state index in [0.717, 1.165) is 12.1 Å². The summed E-state index contributed by atoms with van der Waals surface area (Å²) in [5, 5.41) is 0. The van der Waals surface area contributed by atoms with Crippen LogP contribution in [0.2, 0.25) is 0 Å². The summed E-state index contributed by atoms with van der Waals surface area (Å²) in [6, 6.07) is 0. The molecule has 0 radical (unpaired) electrons. The molecule has 2 nitrogen and oxygen atoms in total. The van der Waals surface area contributed by atoms with Crippen LogP contribution in [0.4, 0.5) is 0 Å². The zero-order valence-electron chi connectivity index (χ0n) is 8.77. The van der Waals surface area contributed by atoms with E-state index < -0.39 is 0 Å². The van der Waals surface area contributed by atoms with Crippen LogP contribution in [-0.2, 0) is 4.79 Å². The van der Waals surface area contributed by atoms with E-state index >= 15 is 0 Å². The third-order valence-electron chi connectivity index (χ3n) is 2.35. The highest BCUT2D eigenvalue weighted by atomic mass is 16.1. The Hall–Kier alpha value is -0.660. The van der Waals surface area contributed by atoms with E-state index in [1.54, 1.807) is 14.0 Å². The van der Waals surface area contributed by atoms with Gasteiger partial charge in [-0.15, -0.1) is 0 Å². The maximum Gasteiger partial charge on any atom is 0.135 e. The Labute approximate surface area is 75.1 Å². The molecule has 0 saturated heterocycles. The van der Waals surface area contributed by atoms with Gasteiger partial charge in [0.25, 0.3) is 0 Å². The molecule has 0 saturated carbocycles. The van der Waals surface area contributed by atoms with Gasteiger partial charge in [0.1, 0.15) is 5.78 Å². The molecule has 0 amide bonds. The van der Waals surface area contributed by atoms with Crippen molar-refractivity contribution in [3.63, 3.8) is 0 Å². The second-order valence-corrected chi connectivity index (χ2v) is 3.79. The number of hydrogen-bond donors (Lipinski definition) is 0. The highest BCUT2D eigenvalue weighted by molar-refractivity contribution is 6.03. The molecule has 0 aliphatic carbocycles. The van der Waals surface area contributed by atoms with E-state index in [4.69, 9.17) is 0 Å². The van der Waals surface area contributed by atoms with Gasteiger partial charge in [-0.05, 0) is 13.3 Å². The van der Waals surface area contributed by atoms with E-state index in [-0.39, 0.29) is 11.2 Å². The summed E-state index contributed by atoms with van der Waals surface area (Å²) < 4.78 is 0. The standard InChI is InChI=1S/C10H19NO/c1-6-10(3,4)9(11-5)7-8(2)12/h6-7H2,1-5H3. The van der Waals surface area contributed by atoms with Crippen molar-refractivity contribution in [2.24, 2.45) is 10.4 Å². The molecule has 0 aromatic carbocycles. The van der Waals surface area contributed by atoms with E-state index in [1.807, 2.05) is 0 Å². The van der Waals surface area contributed by atoms with Crippen molar-refractivity contribution >= 4 is 11.5 Å². The van der Waals surface area contributed by atoms with Crippen LogP contribution in [0.15, 0.2) is 4.99 Å². The minimum absolute atomic E-state index is 0.0699. The summed E-state index contributed by atoms with van der Waals surface area (Å²) in [4.78, 5) is 15.1. The first-order valence-electron chi connectivity index (χ1n) is 4.39. The molecule has 0 atom stereocenters. The molecule has 0 aromatic rings. The summed E-state index contributed by atoms with van der Waals surface area (Å²) in [5.41, 5.74) is 1.08.